The number of benzene rings is 1. The van der Waals surface area contributed by atoms with Crippen LogP contribution in [0.4, 0.5) is 0 Å². The van der Waals surface area contributed by atoms with Crippen LogP contribution in [0.1, 0.15) is 25.0 Å². The second kappa shape index (κ2) is 6.36. The van der Waals surface area contributed by atoms with Crippen molar-refractivity contribution >= 4 is 5.97 Å². The molecule has 1 aliphatic rings. The zero-order valence-corrected chi connectivity index (χ0v) is 12.7. The lowest BCUT2D eigenvalue weighted by molar-refractivity contribution is -0.160. The Kier molecular flexibility index (Phi) is 4.29. The molecule has 1 aromatic heterocycles. The highest BCUT2D eigenvalue weighted by atomic mass is 16.5. The molecule has 1 aliphatic heterocycles. The summed E-state index contributed by atoms with van der Waals surface area (Å²) >= 11 is 0. The Morgan fingerprint density at radius 1 is 1.23 bits per heavy atom. The van der Waals surface area contributed by atoms with Crippen molar-refractivity contribution < 1.29 is 14.6 Å². The summed E-state index contributed by atoms with van der Waals surface area (Å²) in [5, 5.41) is 9.69. The summed E-state index contributed by atoms with van der Waals surface area (Å²) in [4.78, 5) is 11.4. The number of aryl methyl sites for hydroxylation is 1. The number of cyclic esters (lactones) is 1. The maximum absolute atomic E-state index is 11.4. The summed E-state index contributed by atoms with van der Waals surface area (Å²) in [5.41, 5.74) is 3.53. The molecule has 1 aromatic carbocycles. The molecule has 0 amide bonds. The van der Waals surface area contributed by atoms with Gasteiger partial charge >= 0.3 is 5.97 Å². The normalized spacial score (nSPS) is 21.6. The number of nitrogens with zero attached hydrogens (tertiary/aromatic N) is 1. The van der Waals surface area contributed by atoms with Crippen LogP contribution in [-0.2, 0) is 16.1 Å². The van der Waals surface area contributed by atoms with Gasteiger partial charge in [0, 0.05) is 30.8 Å². The first-order chi connectivity index (χ1) is 10.6. The van der Waals surface area contributed by atoms with E-state index in [0.717, 1.165) is 13.0 Å². The van der Waals surface area contributed by atoms with E-state index in [2.05, 4.69) is 35.8 Å². The lowest BCUT2D eigenvalue weighted by atomic mass is 10.0. The summed E-state index contributed by atoms with van der Waals surface area (Å²) in [7, 11) is 0. The van der Waals surface area contributed by atoms with E-state index in [1.54, 1.807) is 0 Å². The van der Waals surface area contributed by atoms with E-state index in [-0.39, 0.29) is 18.5 Å². The fourth-order valence-electron chi connectivity index (χ4n) is 3.04. The van der Waals surface area contributed by atoms with Gasteiger partial charge in [-0.05, 0) is 24.6 Å². The van der Waals surface area contributed by atoms with Crippen LogP contribution in [0.25, 0.3) is 11.3 Å². The minimum atomic E-state index is -0.564. The van der Waals surface area contributed by atoms with Gasteiger partial charge in [-0.25, -0.2) is 0 Å². The average molecular weight is 299 g/mol. The van der Waals surface area contributed by atoms with E-state index in [9.17, 15) is 9.90 Å². The van der Waals surface area contributed by atoms with Crippen LogP contribution >= 0.6 is 0 Å². The molecule has 2 atom stereocenters. The third-order valence-electron chi connectivity index (χ3n) is 4.18. The third-order valence-corrected chi connectivity index (χ3v) is 4.18. The van der Waals surface area contributed by atoms with Crippen molar-refractivity contribution in [3.63, 3.8) is 0 Å². The third kappa shape index (κ3) is 3.22. The largest absolute Gasteiger partial charge is 0.462 e. The minimum Gasteiger partial charge on any atom is -0.462 e. The molecular weight excluding hydrogens is 278 g/mol. The highest BCUT2D eigenvalue weighted by molar-refractivity contribution is 5.71. The number of esters is 1. The van der Waals surface area contributed by atoms with E-state index in [4.69, 9.17) is 4.74 Å². The van der Waals surface area contributed by atoms with Crippen LogP contribution in [0.5, 0.6) is 0 Å². The average Bonchev–Trinajstić information content (AvgIpc) is 2.86. The van der Waals surface area contributed by atoms with Crippen molar-refractivity contribution in [3.05, 3.63) is 48.2 Å². The van der Waals surface area contributed by atoms with E-state index in [0.29, 0.717) is 6.42 Å². The predicted molar refractivity (Wildman–Crippen MR) is 84.3 cm³/mol. The Balaban J connectivity index is 1.73. The SMILES string of the molecule is Cc1ccc(-c2ccccc2)n1CCC1CC(O)CC(=O)O1. The fraction of sp³-hybridized carbons (Fsp3) is 0.389. The molecule has 2 heterocycles. The molecule has 116 valence electrons. The summed E-state index contributed by atoms with van der Waals surface area (Å²) in [6.45, 7) is 2.85. The van der Waals surface area contributed by atoms with Gasteiger partial charge in [0.1, 0.15) is 6.10 Å². The maximum atomic E-state index is 11.4. The topological polar surface area (TPSA) is 51.5 Å². The highest BCUT2D eigenvalue weighted by Crippen LogP contribution is 2.24. The second-order valence-corrected chi connectivity index (χ2v) is 5.87. The van der Waals surface area contributed by atoms with Crippen LogP contribution in [-0.4, -0.2) is 27.9 Å². The summed E-state index contributed by atoms with van der Waals surface area (Å²) in [6.07, 6.45) is 0.617. The van der Waals surface area contributed by atoms with Crippen LogP contribution in [0.3, 0.4) is 0 Å². The van der Waals surface area contributed by atoms with Crippen LogP contribution in [0, 0.1) is 6.92 Å². The van der Waals surface area contributed by atoms with E-state index in [1.165, 1.54) is 17.0 Å². The number of aliphatic hydroxyl groups excluding tert-OH is 1. The predicted octanol–water partition coefficient (Wildman–Crippen LogP) is 2.92. The molecule has 1 saturated heterocycles. The first-order valence-corrected chi connectivity index (χ1v) is 7.72. The Bertz CT molecular complexity index is 648. The minimum absolute atomic E-state index is 0.119. The second-order valence-electron chi connectivity index (χ2n) is 5.87. The summed E-state index contributed by atoms with van der Waals surface area (Å²) < 4.78 is 7.57. The Hall–Kier alpha value is -2.07. The van der Waals surface area contributed by atoms with Crippen molar-refractivity contribution in [2.45, 2.75) is 44.9 Å². The molecule has 22 heavy (non-hydrogen) atoms. The van der Waals surface area contributed by atoms with Crippen molar-refractivity contribution in [1.29, 1.82) is 0 Å². The monoisotopic (exact) mass is 299 g/mol. The molecule has 0 spiro atoms. The van der Waals surface area contributed by atoms with Gasteiger partial charge in [-0.1, -0.05) is 30.3 Å². The maximum Gasteiger partial charge on any atom is 0.308 e. The van der Waals surface area contributed by atoms with Gasteiger partial charge in [0.2, 0.25) is 0 Å². The van der Waals surface area contributed by atoms with Gasteiger partial charge < -0.3 is 14.4 Å². The number of hydrogen-bond donors (Lipinski definition) is 1. The molecule has 0 radical (unpaired) electrons. The Morgan fingerprint density at radius 3 is 2.73 bits per heavy atom. The Morgan fingerprint density at radius 2 is 2.00 bits per heavy atom. The molecule has 2 aromatic rings. The van der Waals surface area contributed by atoms with Gasteiger partial charge in [0.15, 0.2) is 0 Å². The first kappa shape index (κ1) is 14.9. The lowest BCUT2D eigenvalue weighted by Crippen LogP contribution is -2.33. The number of rotatable bonds is 4. The molecular formula is C18H21NO3. The molecule has 4 heteroatoms. The molecule has 1 fully saturated rings. The lowest BCUT2D eigenvalue weighted by Gasteiger charge is -2.26. The Labute approximate surface area is 130 Å². The van der Waals surface area contributed by atoms with E-state index >= 15 is 0 Å². The van der Waals surface area contributed by atoms with Crippen molar-refractivity contribution in [3.8, 4) is 11.3 Å². The van der Waals surface area contributed by atoms with Gasteiger partial charge in [-0.15, -0.1) is 0 Å². The number of ether oxygens (including phenoxy) is 1. The van der Waals surface area contributed by atoms with Gasteiger partial charge in [0.25, 0.3) is 0 Å². The molecule has 1 N–H and O–H groups in total. The van der Waals surface area contributed by atoms with Crippen LogP contribution in [0.15, 0.2) is 42.5 Å². The summed E-state index contributed by atoms with van der Waals surface area (Å²) in [5.74, 6) is -0.295. The van der Waals surface area contributed by atoms with Crippen molar-refractivity contribution in [1.82, 2.24) is 4.57 Å². The summed E-state index contributed by atoms with van der Waals surface area (Å²) in [6, 6.07) is 14.5. The number of carbonyl (C=O) groups excluding carboxylic acids is 1. The molecule has 3 rings (SSSR count). The smallest absolute Gasteiger partial charge is 0.308 e. The number of hydrogen-bond acceptors (Lipinski definition) is 3. The van der Waals surface area contributed by atoms with Crippen LogP contribution in [0.2, 0.25) is 0 Å². The quantitative estimate of drug-likeness (QED) is 0.883. The van der Waals surface area contributed by atoms with E-state index in [1.807, 2.05) is 18.2 Å². The number of aliphatic hydroxyl groups is 1. The molecule has 4 nitrogen and oxygen atoms in total. The van der Waals surface area contributed by atoms with Crippen molar-refractivity contribution in [2.24, 2.45) is 0 Å². The first-order valence-electron chi connectivity index (χ1n) is 7.72. The highest BCUT2D eigenvalue weighted by Gasteiger charge is 2.27. The fourth-order valence-corrected chi connectivity index (χ4v) is 3.04. The van der Waals surface area contributed by atoms with Crippen molar-refractivity contribution in [2.75, 3.05) is 0 Å². The molecule has 0 bridgehead atoms. The number of aromatic nitrogens is 1. The molecule has 2 unspecified atom stereocenters. The molecule has 0 aliphatic carbocycles. The standard InChI is InChI=1S/C18H21NO3/c1-13-7-8-17(14-5-3-2-4-6-14)19(13)10-9-16-11-15(20)12-18(21)22-16/h2-8,15-16,20H,9-12H2,1H3. The van der Waals surface area contributed by atoms with E-state index < -0.39 is 6.10 Å². The van der Waals surface area contributed by atoms with Crippen LogP contribution < -0.4 is 0 Å². The zero-order valence-electron chi connectivity index (χ0n) is 12.7. The molecule has 0 saturated carbocycles. The van der Waals surface area contributed by atoms with Gasteiger partial charge in [-0.2, -0.15) is 0 Å². The number of carbonyl (C=O) groups is 1. The zero-order chi connectivity index (χ0) is 15.5. The van der Waals surface area contributed by atoms with Gasteiger partial charge in [-0.3, -0.25) is 4.79 Å². The van der Waals surface area contributed by atoms with Gasteiger partial charge in [0.05, 0.1) is 12.5 Å².